The number of hydrogen-bond acceptors (Lipinski definition) is 7. The van der Waals surface area contributed by atoms with Crippen LogP contribution in [0.5, 0.6) is 5.75 Å². The molecular weight excluding hydrogens is 546 g/mol. The maximum Gasteiger partial charge on any atom is 0.296 e. The summed E-state index contributed by atoms with van der Waals surface area (Å²) < 4.78 is 9.40. The van der Waals surface area contributed by atoms with Crippen LogP contribution in [-0.2, 0) is 6.42 Å². The zero-order valence-electron chi connectivity index (χ0n) is 23.4. The summed E-state index contributed by atoms with van der Waals surface area (Å²) in [6.45, 7) is 4.83. The number of para-hydroxylation sites is 1. The molecule has 0 aliphatic rings. The van der Waals surface area contributed by atoms with Gasteiger partial charge in [-0.25, -0.2) is 4.68 Å². The Morgan fingerprint density at radius 1 is 0.952 bits per heavy atom. The summed E-state index contributed by atoms with van der Waals surface area (Å²) in [6.07, 6.45) is 6.07. The summed E-state index contributed by atoms with van der Waals surface area (Å²) >= 11 is 1.14. The molecule has 6 rings (SSSR count). The Labute approximate surface area is 246 Å². The van der Waals surface area contributed by atoms with Gasteiger partial charge in [0.25, 0.3) is 11.1 Å². The van der Waals surface area contributed by atoms with E-state index < -0.39 is 5.56 Å². The van der Waals surface area contributed by atoms with Crippen molar-refractivity contribution in [1.82, 2.24) is 24.4 Å². The van der Waals surface area contributed by atoms with E-state index in [-0.39, 0.29) is 16.2 Å². The van der Waals surface area contributed by atoms with Crippen molar-refractivity contribution in [1.29, 1.82) is 0 Å². The molecule has 0 bridgehead atoms. The first-order chi connectivity index (χ1) is 20.5. The molecule has 6 aromatic rings. The van der Waals surface area contributed by atoms with Crippen LogP contribution < -0.4 is 20.4 Å². The maximum absolute atomic E-state index is 13.5. The van der Waals surface area contributed by atoms with Crippen LogP contribution in [0.15, 0.2) is 94.6 Å². The van der Waals surface area contributed by atoms with Crippen molar-refractivity contribution in [3.05, 3.63) is 133 Å². The molecule has 0 saturated carbocycles. The summed E-state index contributed by atoms with van der Waals surface area (Å²) in [7, 11) is 0. The molecule has 0 radical (unpaired) electrons. The maximum atomic E-state index is 13.5. The van der Waals surface area contributed by atoms with Crippen LogP contribution in [0.4, 0.5) is 0 Å². The minimum atomic E-state index is -0.430. The fraction of sp³-hybridized carbons (Fsp3) is 0.182. The Morgan fingerprint density at radius 3 is 2.45 bits per heavy atom. The van der Waals surface area contributed by atoms with E-state index >= 15 is 0 Å². The van der Waals surface area contributed by atoms with Gasteiger partial charge >= 0.3 is 0 Å². The highest BCUT2D eigenvalue weighted by Crippen LogP contribution is 2.29. The number of hydrogen-bond donors (Lipinski definition) is 0. The lowest BCUT2D eigenvalue weighted by molar-refractivity contribution is 0.307. The van der Waals surface area contributed by atoms with E-state index in [0.717, 1.165) is 63.6 Å². The Morgan fingerprint density at radius 2 is 1.71 bits per heavy atom. The zero-order chi connectivity index (χ0) is 29.1. The highest BCUT2D eigenvalue weighted by molar-refractivity contribution is 7.15. The molecule has 42 heavy (non-hydrogen) atoms. The molecule has 9 heteroatoms. The van der Waals surface area contributed by atoms with E-state index in [1.807, 2.05) is 85.9 Å². The average Bonchev–Trinajstić information content (AvgIpc) is 3.56. The second-order valence-electron chi connectivity index (χ2n) is 10.0. The third-order valence-electron chi connectivity index (χ3n) is 6.92. The molecule has 0 N–H and O–H groups in total. The van der Waals surface area contributed by atoms with Gasteiger partial charge in [-0.2, -0.15) is 19.7 Å². The first-order valence-electron chi connectivity index (χ1n) is 13.9. The quantitative estimate of drug-likeness (QED) is 0.226. The lowest BCUT2D eigenvalue weighted by Crippen LogP contribution is -2.28. The van der Waals surface area contributed by atoms with Crippen LogP contribution >= 0.6 is 11.3 Å². The smallest absolute Gasteiger partial charge is 0.296 e. The molecule has 8 nitrogen and oxygen atoms in total. The van der Waals surface area contributed by atoms with Gasteiger partial charge in [0.2, 0.25) is 4.96 Å². The first-order valence-corrected chi connectivity index (χ1v) is 14.7. The molecule has 0 amide bonds. The molecule has 0 aliphatic heterocycles. The number of benzene rings is 3. The van der Waals surface area contributed by atoms with Gasteiger partial charge in [-0.1, -0.05) is 73.2 Å². The van der Waals surface area contributed by atoms with Gasteiger partial charge in [-0.15, -0.1) is 0 Å². The predicted molar refractivity (Wildman–Crippen MR) is 166 cm³/mol. The number of fused-ring (bicyclic) bond motifs is 1. The first kappa shape index (κ1) is 27.3. The lowest BCUT2D eigenvalue weighted by Gasteiger charge is -2.10. The molecule has 0 saturated heterocycles. The highest BCUT2D eigenvalue weighted by Gasteiger charge is 2.16. The lowest BCUT2D eigenvalue weighted by atomic mass is 10.0. The minimum Gasteiger partial charge on any atom is -0.493 e. The second-order valence-corrected chi connectivity index (χ2v) is 11.0. The molecule has 210 valence electrons. The van der Waals surface area contributed by atoms with Crippen molar-refractivity contribution >= 4 is 22.4 Å². The monoisotopic (exact) mass is 575 g/mol. The van der Waals surface area contributed by atoms with E-state index in [2.05, 4.69) is 23.1 Å². The third kappa shape index (κ3) is 5.64. The van der Waals surface area contributed by atoms with Crippen molar-refractivity contribution in [2.24, 2.45) is 0 Å². The van der Waals surface area contributed by atoms with Crippen molar-refractivity contribution < 1.29 is 4.74 Å². The second kappa shape index (κ2) is 11.9. The molecule has 0 unspecified atom stereocenters. The average molecular weight is 576 g/mol. The standard InChI is InChI=1S/C33H29N5O3S/c1-3-4-17-41-28-16-15-24(18-22(28)2)30-25(21-37(36-30)26-13-9-6-10-14-26)20-29-32(40)38-33(42-29)34-31(39)27(35-38)19-23-11-7-5-8-12-23/h5-16,18,20-21H,3-4,17,19H2,1-2H3. The van der Waals surface area contributed by atoms with Crippen LogP contribution in [0.25, 0.3) is 28.0 Å². The molecule has 0 aliphatic carbocycles. The molecule has 0 fully saturated rings. The molecule has 0 spiro atoms. The number of nitrogens with zero attached hydrogens (tertiary/aromatic N) is 5. The van der Waals surface area contributed by atoms with Crippen LogP contribution in [-0.4, -0.2) is 31.0 Å². The van der Waals surface area contributed by atoms with Crippen molar-refractivity contribution in [2.75, 3.05) is 6.61 Å². The minimum absolute atomic E-state index is 0.231. The normalized spacial score (nSPS) is 11.8. The number of rotatable bonds is 9. The Balaban J connectivity index is 1.44. The van der Waals surface area contributed by atoms with E-state index in [9.17, 15) is 9.59 Å². The van der Waals surface area contributed by atoms with Crippen LogP contribution in [0.1, 0.15) is 42.1 Å². The van der Waals surface area contributed by atoms with Gasteiger partial charge in [0, 0.05) is 23.7 Å². The van der Waals surface area contributed by atoms with Gasteiger partial charge < -0.3 is 4.74 Å². The van der Waals surface area contributed by atoms with E-state index in [1.54, 1.807) is 10.8 Å². The Bertz CT molecular complexity index is 2030. The topological polar surface area (TPSA) is 91.4 Å². The fourth-order valence-corrected chi connectivity index (χ4v) is 5.59. The van der Waals surface area contributed by atoms with Gasteiger partial charge in [-0.3, -0.25) is 9.59 Å². The predicted octanol–water partition coefficient (Wildman–Crippen LogP) is 4.99. The largest absolute Gasteiger partial charge is 0.493 e. The molecule has 3 aromatic carbocycles. The summed E-state index contributed by atoms with van der Waals surface area (Å²) in [5.74, 6) is 0.847. The zero-order valence-corrected chi connectivity index (χ0v) is 24.2. The summed E-state index contributed by atoms with van der Waals surface area (Å²) in [6, 6.07) is 25.4. The molecule has 0 atom stereocenters. The van der Waals surface area contributed by atoms with Crippen molar-refractivity contribution in [3.8, 4) is 22.7 Å². The van der Waals surface area contributed by atoms with Gasteiger partial charge in [0.15, 0.2) is 0 Å². The van der Waals surface area contributed by atoms with E-state index in [4.69, 9.17) is 9.84 Å². The summed E-state index contributed by atoms with van der Waals surface area (Å²) in [4.78, 5) is 30.7. The summed E-state index contributed by atoms with van der Waals surface area (Å²) in [5.41, 5.74) is 4.68. The number of ether oxygens (including phenoxy) is 1. The van der Waals surface area contributed by atoms with E-state index in [0.29, 0.717) is 17.6 Å². The number of aromatic nitrogens is 5. The molecular formula is C33H29N5O3S. The van der Waals surface area contributed by atoms with Gasteiger partial charge in [0.05, 0.1) is 16.8 Å². The number of aryl methyl sites for hydroxylation is 1. The van der Waals surface area contributed by atoms with Crippen molar-refractivity contribution in [2.45, 2.75) is 33.1 Å². The van der Waals surface area contributed by atoms with Gasteiger partial charge in [0.1, 0.15) is 17.1 Å². The van der Waals surface area contributed by atoms with Crippen LogP contribution in [0.3, 0.4) is 0 Å². The van der Waals surface area contributed by atoms with Crippen molar-refractivity contribution in [3.63, 3.8) is 0 Å². The molecule has 3 heterocycles. The van der Waals surface area contributed by atoms with E-state index in [1.165, 1.54) is 4.52 Å². The Hall–Kier alpha value is -4.89. The number of unbranched alkanes of at least 4 members (excludes halogenated alkanes) is 1. The number of thiazole rings is 1. The SMILES string of the molecule is CCCCOc1ccc(-c2nn(-c3ccccc3)cc2C=c2sc3nc(=O)c(Cc4ccccc4)nn3c2=O)cc1C. The van der Waals surface area contributed by atoms with Crippen LogP contribution in [0, 0.1) is 6.92 Å². The fourth-order valence-electron chi connectivity index (χ4n) is 4.70. The van der Waals surface area contributed by atoms with Crippen LogP contribution in [0.2, 0.25) is 0 Å². The molecule has 3 aromatic heterocycles. The van der Waals surface area contributed by atoms with Gasteiger partial charge in [-0.05, 0) is 60.9 Å². The summed E-state index contributed by atoms with van der Waals surface area (Å²) in [5, 5.41) is 9.31. The Kier molecular flexibility index (Phi) is 7.74. The third-order valence-corrected chi connectivity index (χ3v) is 7.88. The highest BCUT2D eigenvalue weighted by atomic mass is 32.1.